The van der Waals surface area contributed by atoms with Crippen molar-refractivity contribution in [1.82, 2.24) is 10.6 Å². The molecular weight excluding hydrogens is 376 g/mol. The van der Waals surface area contributed by atoms with Crippen molar-refractivity contribution in [2.75, 3.05) is 18.9 Å². The molecule has 1 aliphatic carbocycles. The second kappa shape index (κ2) is 8.56. The number of hydrogen-bond donors (Lipinski definition) is 2. The van der Waals surface area contributed by atoms with Gasteiger partial charge in [0.2, 0.25) is 5.91 Å². The topological polar surface area (TPSA) is 76.7 Å². The van der Waals surface area contributed by atoms with Gasteiger partial charge < -0.3 is 20.1 Å². The number of carbonyl (C=O) groups excluding carboxylic acids is 2. The quantitative estimate of drug-likeness (QED) is 0.701. The monoisotopic (exact) mass is 398 g/mol. The maximum absolute atomic E-state index is 12.7. The molecule has 0 spiro atoms. The molecule has 2 aromatic carbocycles. The lowest BCUT2D eigenvalue weighted by molar-refractivity contribution is -0.118. The van der Waals surface area contributed by atoms with E-state index in [0.717, 1.165) is 23.5 Å². The van der Waals surface area contributed by atoms with Gasteiger partial charge in [-0.2, -0.15) is 0 Å². The van der Waals surface area contributed by atoms with E-state index in [2.05, 4.69) is 10.6 Å². The zero-order chi connectivity index (χ0) is 19.3. The van der Waals surface area contributed by atoms with Crippen molar-refractivity contribution in [3.8, 4) is 11.5 Å². The summed E-state index contributed by atoms with van der Waals surface area (Å²) in [6, 6.07) is 15.1. The molecule has 4 rings (SSSR count). The lowest BCUT2D eigenvalue weighted by atomic mass is 10.2. The molecule has 0 radical (unpaired) electrons. The molecule has 0 unspecified atom stereocenters. The lowest BCUT2D eigenvalue weighted by Crippen LogP contribution is -2.40. The van der Waals surface area contributed by atoms with Gasteiger partial charge in [0.15, 0.2) is 11.5 Å². The average Bonchev–Trinajstić information content (AvgIpc) is 3.54. The van der Waals surface area contributed by atoms with Crippen molar-refractivity contribution in [2.45, 2.75) is 29.9 Å². The summed E-state index contributed by atoms with van der Waals surface area (Å²) in [6.45, 7) is 0.726. The van der Waals surface area contributed by atoms with Crippen molar-refractivity contribution in [3.05, 3.63) is 54.1 Å². The van der Waals surface area contributed by atoms with Gasteiger partial charge in [-0.1, -0.05) is 24.3 Å². The molecular formula is C21H22N2O4S. The van der Waals surface area contributed by atoms with Gasteiger partial charge >= 0.3 is 0 Å². The van der Waals surface area contributed by atoms with Crippen LogP contribution in [-0.4, -0.2) is 42.9 Å². The third-order valence-corrected chi connectivity index (χ3v) is 5.56. The molecule has 2 amide bonds. The minimum absolute atomic E-state index is 0.00845. The van der Waals surface area contributed by atoms with E-state index >= 15 is 0 Å². The lowest BCUT2D eigenvalue weighted by Gasteiger charge is -2.26. The third kappa shape index (κ3) is 4.78. The summed E-state index contributed by atoms with van der Waals surface area (Å²) in [5.41, 5.74) is 0.559. The van der Waals surface area contributed by atoms with E-state index in [9.17, 15) is 9.59 Å². The van der Waals surface area contributed by atoms with Crippen LogP contribution in [0.15, 0.2) is 53.4 Å². The summed E-state index contributed by atoms with van der Waals surface area (Å²) in [6.07, 6.45) is 1.88. The van der Waals surface area contributed by atoms with E-state index in [0.29, 0.717) is 36.3 Å². The molecule has 7 heteroatoms. The van der Waals surface area contributed by atoms with Crippen molar-refractivity contribution >= 4 is 23.6 Å². The van der Waals surface area contributed by atoms with E-state index in [4.69, 9.17) is 9.47 Å². The molecule has 1 atom stereocenters. The first-order chi connectivity index (χ1) is 13.7. The molecule has 6 nitrogen and oxygen atoms in total. The number of benzene rings is 2. The number of nitrogens with one attached hydrogen (secondary N) is 2. The Bertz CT molecular complexity index is 869. The van der Waals surface area contributed by atoms with Gasteiger partial charge in [-0.15, -0.1) is 11.8 Å². The van der Waals surface area contributed by atoms with Gasteiger partial charge in [0.05, 0.1) is 17.9 Å². The Kier molecular flexibility index (Phi) is 5.71. The number of fused-ring (bicyclic) bond motifs is 1. The fraction of sp³-hybridized carbons (Fsp3) is 0.333. The van der Waals surface area contributed by atoms with Crippen LogP contribution < -0.4 is 20.1 Å². The fourth-order valence-corrected chi connectivity index (χ4v) is 3.75. The van der Waals surface area contributed by atoms with Crippen LogP contribution in [0.5, 0.6) is 11.5 Å². The van der Waals surface area contributed by atoms with E-state index in [1.54, 1.807) is 6.07 Å². The SMILES string of the molecule is O=C(CSc1ccccc1C(=O)NC[C@H]1COc2ccccc2O1)NC1CC1. The highest BCUT2D eigenvalue weighted by molar-refractivity contribution is 8.00. The third-order valence-electron chi connectivity index (χ3n) is 4.49. The molecule has 2 N–H and O–H groups in total. The van der Waals surface area contributed by atoms with Gasteiger partial charge in [0, 0.05) is 10.9 Å². The fourth-order valence-electron chi connectivity index (χ4n) is 2.89. The Morgan fingerprint density at radius 1 is 1.04 bits per heavy atom. The molecule has 0 bridgehead atoms. The molecule has 28 heavy (non-hydrogen) atoms. The van der Waals surface area contributed by atoms with Crippen molar-refractivity contribution in [1.29, 1.82) is 0 Å². The number of thioether (sulfide) groups is 1. The summed E-state index contributed by atoms with van der Waals surface area (Å²) >= 11 is 1.38. The van der Waals surface area contributed by atoms with Gasteiger partial charge in [-0.05, 0) is 37.1 Å². The number of para-hydroxylation sites is 2. The maximum atomic E-state index is 12.7. The van der Waals surface area contributed by atoms with Crippen molar-refractivity contribution in [2.24, 2.45) is 0 Å². The molecule has 2 aromatic rings. The van der Waals surface area contributed by atoms with Crippen LogP contribution in [0.1, 0.15) is 23.2 Å². The summed E-state index contributed by atoms with van der Waals surface area (Å²) in [5.74, 6) is 1.53. The van der Waals surface area contributed by atoms with Crippen LogP contribution in [0.25, 0.3) is 0 Å². The molecule has 1 aliphatic heterocycles. The zero-order valence-electron chi connectivity index (χ0n) is 15.4. The van der Waals surface area contributed by atoms with E-state index in [1.807, 2.05) is 42.5 Å². The first-order valence-electron chi connectivity index (χ1n) is 9.37. The second-order valence-corrected chi connectivity index (χ2v) is 7.85. The molecule has 1 heterocycles. The van der Waals surface area contributed by atoms with Gasteiger partial charge in [-0.25, -0.2) is 0 Å². The number of rotatable bonds is 7. The minimum atomic E-state index is -0.247. The smallest absolute Gasteiger partial charge is 0.252 e. The van der Waals surface area contributed by atoms with Crippen LogP contribution in [0.2, 0.25) is 0 Å². The second-order valence-electron chi connectivity index (χ2n) is 6.83. The van der Waals surface area contributed by atoms with Crippen LogP contribution in [0.4, 0.5) is 0 Å². The summed E-state index contributed by atoms with van der Waals surface area (Å²) in [7, 11) is 0. The molecule has 0 aromatic heterocycles. The number of ether oxygens (including phenoxy) is 2. The Hall–Kier alpha value is -2.67. The predicted molar refractivity (Wildman–Crippen MR) is 107 cm³/mol. The van der Waals surface area contributed by atoms with Crippen molar-refractivity contribution in [3.63, 3.8) is 0 Å². The Balaban J connectivity index is 1.31. The first-order valence-corrected chi connectivity index (χ1v) is 10.4. The van der Waals surface area contributed by atoms with Crippen LogP contribution in [0.3, 0.4) is 0 Å². The Morgan fingerprint density at radius 3 is 2.61 bits per heavy atom. The average molecular weight is 398 g/mol. The zero-order valence-corrected chi connectivity index (χ0v) is 16.2. The highest BCUT2D eigenvalue weighted by Gasteiger charge is 2.24. The molecule has 1 saturated carbocycles. The van der Waals surface area contributed by atoms with Gasteiger partial charge in [0.1, 0.15) is 12.7 Å². The number of hydrogen-bond acceptors (Lipinski definition) is 5. The normalized spacial score (nSPS) is 17.6. The molecule has 1 fully saturated rings. The Labute approximate surface area is 168 Å². The van der Waals surface area contributed by atoms with Gasteiger partial charge in [0.25, 0.3) is 5.91 Å². The maximum Gasteiger partial charge on any atom is 0.252 e. The molecule has 146 valence electrons. The predicted octanol–water partition coefficient (Wildman–Crippen LogP) is 2.63. The minimum Gasteiger partial charge on any atom is -0.486 e. The van der Waals surface area contributed by atoms with Gasteiger partial charge in [-0.3, -0.25) is 9.59 Å². The summed E-state index contributed by atoms with van der Waals surface area (Å²) < 4.78 is 11.5. The Morgan fingerprint density at radius 2 is 1.79 bits per heavy atom. The van der Waals surface area contributed by atoms with E-state index in [1.165, 1.54) is 11.8 Å². The van der Waals surface area contributed by atoms with Crippen LogP contribution >= 0.6 is 11.8 Å². The van der Waals surface area contributed by atoms with E-state index in [-0.39, 0.29) is 17.9 Å². The highest BCUT2D eigenvalue weighted by atomic mass is 32.2. The highest BCUT2D eigenvalue weighted by Crippen LogP contribution is 2.30. The van der Waals surface area contributed by atoms with Crippen molar-refractivity contribution < 1.29 is 19.1 Å². The number of amides is 2. The molecule has 2 aliphatic rings. The van der Waals surface area contributed by atoms with Crippen LogP contribution in [0, 0.1) is 0 Å². The first kappa shape index (κ1) is 18.7. The largest absolute Gasteiger partial charge is 0.486 e. The summed E-state index contributed by atoms with van der Waals surface area (Å²) in [4.78, 5) is 25.4. The summed E-state index contributed by atoms with van der Waals surface area (Å²) in [5, 5.41) is 5.87. The molecule has 0 saturated heterocycles. The number of carbonyl (C=O) groups is 2. The van der Waals surface area contributed by atoms with E-state index < -0.39 is 0 Å². The van der Waals surface area contributed by atoms with Crippen LogP contribution in [-0.2, 0) is 4.79 Å². The standard InChI is InChI=1S/C21H22N2O4S/c24-20(23-14-9-10-14)13-28-19-8-4-1-5-16(19)21(25)22-11-15-12-26-17-6-2-3-7-18(17)27-15/h1-8,14-15H,9-13H2,(H,22,25)(H,23,24)/t15-/m0/s1.